The lowest BCUT2D eigenvalue weighted by Crippen LogP contribution is -2.22. The number of anilines is 1. The first-order valence-corrected chi connectivity index (χ1v) is 4.24. The third-order valence-corrected chi connectivity index (χ3v) is 1.61. The van der Waals surface area contributed by atoms with Crippen LogP contribution < -0.4 is 5.43 Å². The van der Waals surface area contributed by atoms with Crippen molar-refractivity contribution in [2.45, 2.75) is 6.92 Å². The van der Waals surface area contributed by atoms with Crippen molar-refractivity contribution in [2.24, 2.45) is 5.10 Å². The minimum Gasteiger partial charge on any atom is -0.476 e. The van der Waals surface area contributed by atoms with Crippen LogP contribution in [0.15, 0.2) is 35.4 Å². The predicted octanol–water partition coefficient (Wildman–Crippen LogP) is 1.13. The lowest BCUT2D eigenvalue weighted by atomic mass is 10.3. The summed E-state index contributed by atoms with van der Waals surface area (Å²) in [4.78, 5) is 21.4. The zero-order valence-electron chi connectivity index (χ0n) is 8.10. The van der Waals surface area contributed by atoms with Gasteiger partial charge in [-0.3, -0.25) is 10.2 Å². The van der Waals surface area contributed by atoms with E-state index in [4.69, 9.17) is 5.11 Å². The van der Waals surface area contributed by atoms with Crippen LogP contribution in [0.1, 0.15) is 6.92 Å². The Kier molecular flexibility index (Phi) is 3.56. The van der Waals surface area contributed by atoms with Crippen molar-refractivity contribution in [3.63, 3.8) is 0 Å². The summed E-state index contributed by atoms with van der Waals surface area (Å²) in [6, 6.07) is 8.78. The van der Waals surface area contributed by atoms with Crippen molar-refractivity contribution in [1.29, 1.82) is 0 Å². The summed E-state index contributed by atoms with van der Waals surface area (Å²) in [7, 11) is 0. The van der Waals surface area contributed by atoms with Gasteiger partial charge in [-0.15, -0.1) is 0 Å². The molecule has 2 N–H and O–H groups in total. The number of rotatable bonds is 4. The first kappa shape index (κ1) is 10.9. The quantitative estimate of drug-likeness (QED) is 0.439. The summed E-state index contributed by atoms with van der Waals surface area (Å²) in [5.74, 6) is -1.93. The van der Waals surface area contributed by atoms with Crippen LogP contribution in [-0.4, -0.2) is 22.6 Å². The van der Waals surface area contributed by atoms with Crippen LogP contribution in [0.25, 0.3) is 0 Å². The summed E-state index contributed by atoms with van der Waals surface area (Å²) in [5, 5.41) is 12.1. The number of carboxylic acid groups (broad SMARTS) is 1. The van der Waals surface area contributed by atoms with Crippen LogP contribution in [0.5, 0.6) is 0 Å². The highest BCUT2D eigenvalue weighted by molar-refractivity contribution is 6.63. The monoisotopic (exact) mass is 206 g/mol. The molecule has 1 aromatic rings. The van der Waals surface area contributed by atoms with Gasteiger partial charge in [0.2, 0.25) is 5.71 Å². The van der Waals surface area contributed by atoms with Crippen molar-refractivity contribution in [3.8, 4) is 0 Å². The summed E-state index contributed by atoms with van der Waals surface area (Å²) in [6.45, 7) is 1.15. The van der Waals surface area contributed by atoms with Gasteiger partial charge in [0.05, 0.1) is 5.69 Å². The molecule has 0 radical (unpaired) electrons. The Morgan fingerprint density at radius 3 is 2.33 bits per heavy atom. The molecule has 0 fully saturated rings. The maximum atomic E-state index is 10.9. The van der Waals surface area contributed by atoms with Crippen molar-refractivity contribution in [1.82, 2.24) is 0 Å². The molecule has 15 heavy (non-hydrogen) atoms. The number of hydrogen-bond acceptors (Lipinski definition) is 4. The summed E-state index contributed by atoms with van der Waals surface area (Å²) in [5.41, 5.74) is 2.60. The predicted molar refractivity (Wildman–Crippen MR) is 55.8 cm³/mol. The normalized spacial score (nSPS) is 10.9. The van der Waals surface area contributed by atoms with E-state index >= 15 is 0 Å². The van der Waals surface area contributed by atoms with Gasteiger partial charge in [0, 0.05) is 6.92 Å². The van der Waals surface area contributed by atoms with Crippen LogP contribution in [0, 0.1) is 0 Å². The Bertz CT molecular complexity index is 382. The van der Waals surface area contributed by atoms with E-state index < -0.39 is 17.5 Å². The number of aliphatic carboxylic acids is 1. The Balaban J connectivity index is 2.79. The highest BCUT2D eigenvalue weighted by Gasteiger charge is 2.14. The fraction of sp³-hybridized carbons (Fsp3) is 0.100. The van der Waals surface area contributed by atoms with E-state index in [1.54, 1.807) is 24.3 Å². The molecule has 0 saturated heterocycles. The molecule has 0 aliphatic heterocycles. The Morgan fingerprint density at radius 1 is 1.27 bits per heavy atom. The molecule has 0 saturated carbocycles. The van der Waals surface area contributed by atoms with E-state index in [1.807, 2.05) is 6.07 Å². The minimum absolute atomic E-state index is 0.515. The number of benzene rings is 1. The standard InChI is InChI=1S/C10H10N2O3/c1-7(13)9(10(14)15)12-11-8-5-3-2-4-6-8/h2-6,11H,1H3,(H,14,15)/b12-9-. The maximum Gasteiger partial charge on any atom is 0.360 e. The highest BCUT2D eigenvalue weighted by Crippen LogP contribution is 2.04. The third-order valence-electron chi connectivity index (χ3n) is 1.61. The molecule has 0 amide bonds. The molecule has 0 aliphatic rings. The Labute approximate surface area is 86.4 Å². The van der Waals surface area contributed by atoms with Crippen LogP contribution in [-0.2, 0) is 9.59 Å². The molecule has 0 atom stereocenters. The largest absolute Gasteiger partial charge is 0.476 e. The van der Waals surface area contributed by atoms with E-state index in [0.29, 0.717) is 5.69 Å². The molecular weight excluding hydrogens is 196 g/mol. The van der Waals surface area contributed by atoms with E-state index in [2.05, 4.69) is 10.5 Å². The number of nitrogens with zero attached hydrogens (tertiary/aromatic N) is 1. The van der Waals surface area contributed by atoms with Gasteiger partial charge in [-0.25, -0.2) is 4.79 Å². The van der Waals surface area contributed by atoms with Crippen LogP contribution in [0.3, 0.4) is 0 Å². The van der Waals surface area contributed by atoms with Gasteiger partial charge in [-0.05, 0) is 12.1 Å². The van der Waals surface area contributed by atoms with Crippen LogP contribution in [0.4, 0.5) is 5.69 Å². The Hall–Kier alpha value is -2.17. The number of carboxylic acids is 1. The number of Topliss-reactive ketones (excluding diaryl/α,β-unsaturated/α-hetero) is 1. The SMILES string of the molecule is CC(=O)/C(=N/Nc1ccccc1)C(=O)O. The lowest BCUT2D eigenvalue weighted by molar-refractivity contribution is -0.130. The van der Waals surface area contributed by atoms with Gasteiger partial charge in [0.15, 0.2) is 5.78 Å². The number of nitrogens with one attached hydrogen (secondary N) is 1. The van der Waals surface area contributed by atoms with Gasteiger partial charge in [-0.2, -0.15) is 5.10 Å². The lowest BCUT2D eigenvalue weighted by Gasteiger charge is -2.00. The molecule has 1 rings (SSSR count). The number of carbonyl (C=O) groups is 2. The van der Waals surface area contributed by atoms with Gasteiger partial charge < -0.3 is 5.11 Å². The van der Waals surface area contributed by atoms with Crippen molar-refractivity contribution >= 4 is 23.2 Å². The Morgan fingerprint density at radius 2 is 1.87 bits per heavy atom. The number of ketones is 1. The second kappa shape index (κ2) is 4.90. The minimum atomic E-state index is -1.34. The second-order valence-electron chi connectivity index (χ2n) is 2.80. The topological polar surface area (TPSA) is 78.8 Å². The molecule has 78 valence electrons. The summed E-state index contributed by atoms with van der Waals surface area (Å²) >= 11 is 0. The van der Waals surface area contributed by atoms with E-state index in [0.717, 1.165) is 6.92 Å². The average molecular weight is 206 g/mol. The molecule has 5 heteroatoms. The molecule has 0 bridgehead atoms. The first-order valence-electron chi connectivity index (χ1n) is 4.24. The molecule has 5 nitrogen and oxygen atoms in total. The molecule has 0 spiro atoms. The van der Waals surface area contributed by atoms with Gasteiger partial charge >= 0.3 is 5.97 Å². The average Bonchev–Trinajstić information content (AvgIpc) is 2.18. The zero-order valence-corrected chi connectivity index (χ0v) is 8.10. The zero-order chi connectivity index (χ0) is 11.3. The number of hydrogen-bond donors (Lipinski definition) is 2. The van der Waals surface area contributed by atoms with E-state index in [1.165, 1.54) is 0 Å². The van der Waals surface area contributed by atoms with Crippen molar-refractivity contribution < 1.29 is 14.7 Å². The highest BCUT2D eigenvalue weighted by atomic mass is 16.4. The van der Waals surface area contributed by atoms with Gasteiger partial charge in [-0.1, -0.05) is 18.2 Å². The fourth-order valence-corrected chi connectivity index (χ4v) is 0.910. The van der Waals surface area contributed by atoms with Crippen molar-refractivity contribution in [2.75, 3.05) is 5.43 Å². The molecule has 0 heterocycles. The third kappa shape index (κ3) is 3.22. The fourth-order valence-electron chi connectivity index (χ4n) is 0.910. The molecule has 0 unspecified atom stereocenters. The first-order chi connectivity index (χ1) is 7.11. The molecule has 0 aromatic heterocycles. The number of hydrazone groups is 1. The summed E-state index contributed by atoms with van der Waals surface area (Å²) in [6.07, 6.45) is 0. The van der Waals surface area contributed by atoms with Gasteiger partial charge in [0.1, 0.15) is 0 Å². The second-order valence-corrected chi connectivity index (χ2v) is 2.80. The van der Waals surface area contributed by atoms with Gasteiger partial charge in [0.25, 0.3) is 0 Å². The molecular formula is C10H10N2O3. The van der Waals surface area contributed by atoms with Crippen molar-refractivity contribution in [3.05, 3.63) is 30.3 Å². The van der Waals surface area contributed by atoms with E-state index in [9.17, 15) is 9.59 Å². The van der Waals surface area contributed by atoms with Crippen LogP contribution >= 0.6 is 0 Å². The van der Waals surface area contributed by atoms with Crippen LogP contribution in [0.2, 0.25) is 0 Å². The summed E-state index contributed by atoms with van der Waals surface area (Å²) < 4.78 is 0. The molecule has 0 aliphatic carbocycles. The number of carbonyl (C=O) groups excluding carboxylic acids is 1. The maximum absolute atomic E-state index is 10.9. The number of para-hydroxylation sites is 1. The smallest absolute Gasteiger partial charge is 0.360 e. The van der Waals surface area contributed by atoms with E-state index in [-0.39, 0.29) is 0 Å². The molecule has 1 aromatic carbocycles.